The van der Waals surface area contributed by atoms with Crippen LogP contribution in [-0.4, -0.2) is 54.2 Å². The van der Waals surface area contributed by atoms with Crippen LogP contribution in [0.5, 0.6) is 0 Å². The van der Waals surface area contributed by atoms with E-state index in [0.29, 0.717) is 25.4 Å². The van der Waals surface area contributed by atoms with Gasteiger partial charge in [0.05, 0.1) is 25.4 Å². The van der Waals surface area contributed by atoms with E-state index in [1.54, 1.807) is 0 Å². The van der Waals surface area contributed by atoms with Gasteiger partial charge in [-0.15, -0.1) is 0 Å². The Labute approximate surface area is 90.2 Å². The zero-order chi connectivity index (χ0) is 10.8. The Kier molecular flexibility index (Phi) is 3.38. The van der Waals surface area contributed by atoms with Gasteiger partial charge in [-0.05, 0) is 6.42 Å². The Morgan fingerprint density at radius 2 is 2.33 bits per heavy atom. The van der Waals surface area contributed by atoms with Crippen LogP contribution in [-0.2, 0) is 9.53 Å². The van der Waals surface area contributed by atoms with Crippen molar-refractivity contribution in [1.29, 1.82) is 0 Å². The molecular formula is C11H19NO3. The first-order valence-corrected chi connectivity index (χ1v) is 5.75. The van der Waals surface area contributed by atoms with E-state index in [4.69, 9.17) is 4.74 Å². The van der Waals surface area contributed by atoms with Crippen molar-refractivity contribution in [2.75, 3.05) is 26.3 Å². The van der Waals surface area contributed by atoms with E-state index in [-0.39, 0.29) is 18.1 Å². The lowest BCUT2D eigenvalue weighted by Crippen LogP contribution is -2.50. The molecule has 86 valence electrons. The molecule has 2 saturated heterocycles. The maximum absolute atomic E-state index is 11.5. The van der Waals surface area contributed by atoms with Gasteiger partial charge in [-0.3, -0.25) is 9.69 Å². The maximum Gasteiger partial charge on any atom is 0.138 e. The van der Waals surface area contributed by atoms with Crippen molar-refractivity contribution >= 4 is 5.78 Å². The number of hydrogen-bond donors (Lipinski definition) is 1. The molecule has 2 heterocycles. The fourth-order valence-corrected chi connectivity index (χ4v) is 2.47. The molecule has 3 atom stereocenters. The summed E-state index contributed by atoms with van der Waals surface area (Å²) < 4.78 is 5.24. The maximum atomic E-state index is 11.5. The summed E-state index contributed by atoms with van der Waals surface area (Å²) in [6, 6.07) is 0.104. The van der Waals surface area contributed by atoms with E-state index < -0.39 is 0 Å². The van der Waals surface area contributed by atoms with Crippen LogP contribution in [0.2, 0.25) is 0 Å². The highest BCUT2D eigenvalue weighted by molar-refractivity contribution is 5.82. The Hall–Kier alpha value is -0.450. The highest BCUT2D eigenvalue weighted by atomic mass is 16.5. The van der Waals surface area contributed by atoms with Crippen molar-refractivity contribution in [2.24, 2.45) is 5.92 Å². The summed E-state index contributed by atoms with van der Waals surface area (Å²) >= 11 is 0. The number of rotatable bonds is 2. The van der Waals surface area contributed by atoms with Gasteiger partial charge in [0.2, 0.25) is 0 Å². The van der Waals surface area contributed by atoms with Crippen LogP contribution >= 0.6 is 0 Å². The predicted molar refractivity (Wildman–Crippen MR) is 55.6 cm³/mol. The molecule has 1 N–H and O–H groups in total. The number of nitrogens with zero attached hydrogens (tertiary/aromatic N) is 1. The second-order valence-corrected chi connectivity index (χ2v) is 4.49. The number of hydrogen-bond acceptors (Lipinski definition) is 4. The number of piperidine rings is 1. The van der Waals surface area contributed by atoms with Crippen LogP contribution in [0.1, 0.15) is 19.8 Å². The fourth-order valence-electron chi connectivity index (χ4n) is 2.47. The lowest BCUT2D eigenvalue weighted by Gasteiger charge is -2.36. The van der Waals surface area contributed by atoms with Crippen LogP contribution in [0.25, 0.3) is 0 Å². The Morgan fingerprint density at radius 3 is 2.93 bits per heavy atom. The van der Waals surface area contributed by atoms with Gasteiger partial charge in [-0.1, -0.05) is 6.92 Å². The van der Waals surface area contributed by atoms with Crippen LogP contribution in [0.3, 0.4) is 0 Å². The standard InChI is InChI=1S/C11H19NO3/c1-2-8-5-12(4-3-10(8)13)9-6-15-7-11(9)14/h8-9,11,14H,2-7H2,1H3. The largest absolute Gasteiger partial charge is 0.389 e. The molecule has 2 aliphatic rings. The zero-order valence-corrected chi connectivity index (χ0v) is 9.19. The van der Waals surface area contributed by atoms with Crippen molar-refractivity contribution in [1.82, 2.24) is 4.90 Å². The first-order chi connectivity index (χ1) is 7.22. The molecule has 3 unspecified atom stereocenters. The molecule has 4 heteroatoms. The molecule has 2 rings (SSSR count). The quantitative estimate of drug-likeness (QED) is 0.704. The highest BCUT2D eigenvalue weighted by Crippen LogP contribution is 2.22. The molecule has 2 aliphatic heterocycles. The number of Topliss-reactive ketones (excluding diaryl/α,β-unsaturated/α-hetero) is 1. The van der Waals surface area contributed by atoms with Gasteiger partial charge >= 0.3 is 0 Å². The molecule has 0 saturated carbocycles. The summed E-state index contributed by atoms with van der Waals surface area (Å²) in [5, 5.41) is 9.71. The average molecular weight is 213 g/mol. The van der Waals surface area contributed by atoms with Gasteiger partial charge < -0.3 is 9.84 Å². The van der Waals surface area contributed by atoms with E-state index in [0.717, 1.165) is 19.5 Å². The molecule has 0 aromatic heterocycles. The number of likely N-dealkylation sites (tertiary alicyclic amines) is 1. The van der Waals surface area contributed by atoms with E-state index in [2.05, 4.69) is 4.90 Å². The van der Waals surface area contributed by atoms with Crippen molar-refractivity contribution in [2.45, 2.75) is 31.9 Å². The Bertz CT molecular complexity index is 244. The summed E-state index contributed by atoms with van der Waals surface area (Å²) in [7, 11) is 0. The minimum absolute atomic E-state index is 0.104. The molecule has 0 aromatic carbocycles. The van der Waals surface area contributed by atoms with E-state index in [9.17, 15) is 9.90 Å². The number of carbonyl (C=O) groups is 1. The van der Waals surface area contributed by atoms with Gasteiger partial charge in [0.15, 0.2) is 0 Å². The molecule has 2 fully saturated rings. The van der Waals surface area contributed by atoms with Gasteiger partial charge in [0.1, 0.15) is 5.78 Å². The number of carbonyl (C=O) groups excluding carboxylic acids is 1. The first kappa shape index (κ1) is 11.0. The Balaban J connectivity index is 1.96. The minimum atomic E-state index is -0.379. The van der Waals surface area contributed by atoms with E-state index >= 15 is 0 Å². The molecule has 0 radical (unpaired) electrons. The monoisotopic (exact) mass is 213 g/mol. The molecule has 0 aliphatic carbocycles. The number of ketones is 1. The molecule has 15 heavy (non-hydrogen) atoms. The third-order valence-corrected chi connectivity index (χ3v) is 3.54. The van der Waals surface area contributed by atoms with Gasteiger partial charge in [0.25, 0.3) is 0 Å². The molecule has 0 spiro atoms. The molecule has 0 aromatic rings. The molecule has 4 nitrogen and oxygen atoms in total. The SMILES string of the molecule is CCC1CN(C2COCC2O)CCC1=O. The van der Waals surface area contributed by atoms with Gasteiger partial charge in [0, 0.05) is 25.4 Å². The van der Waals surface area contributed by atoms with Crippen LogP contribution in [0, 0.1) is 5.92 Å². The van der Waals surface area contributed by atoms with Gasteiger partial charge in [-0.25, -0.2) is 0 Å². The fraction of sp³-hybridized carbons (Fsp3) is 0.909. The lowest BCUT2D eigenvalue weighted by molar-refractivity contribution is -0.127. The summed E-state index contributed by atoms with van der Waals surface area (Å²) in [4.78, 5) is 13.8. The molecular weight excluding hydrogens is 194 g/mol. The molecule has 0 amide bonds. The smallest absolute Gasteiger partial charge is 0.138 e. The Morgan fingerprint density at radius 1 is 1.53 bits per heavy atom. The van der Waals surface area contributed by atoms with Crippen molar-refractivity contribution in [3.63, 3.8) is 0 Å². The number of aliphatic hydroxyl groups excluding tert-OH is 1. The van der Waals surface area contributed by atoms with Crippen molar-refractivity contribution in [3.05, 3.63) is 0 Å². The molecule has 0 bridgehead atoms. The summed E-state index contributed by atoms with van der Waals surface area (Å²) in [6.07, 6.45) is 1.15. The van der Waals surface area contributed by atoms with Crippen LogP contribution in [0.15, 0.2) is 0 Å². The third-order valence-electron chi connectivity index (χ3n) is 3.54. The summed E-state index contributed by atoms with van der Waals surface area (Å²) in [5.74, 6) is 0.536. The van der Waals surface area contributed by atoms with Crippen molar-refractivity contribution in [3.8, 4) is 0 Å². The number of aliphatic hydroxyl groups is 1. The zero-order valence-electron chi connectivity index (χ0n) is 9.19. The number of ether oxygens (including phenoxy) is 1. The average Bonchev–Trinajstić information content (AvgIpc) is 2.65. The normalized spacial score (nSPS) is 38.5. The minimum Gasteiger partial charge on any atom is -0.389 e. The first-order valence-electron chi connectivity index (χ1n) is 5.75. The van der Waals surface area contributed by atoms with Crippen LogP contribution in [0.4, 0.5) is 0 Å². The van der Waals surface area contributed by atoms with E-state index in [1.165, 1.54) is 0 Å². The second kappa shape index (κ2) is 4.60. The highest BCUT2D eigenvalue weighted by Gasteiger charge is 2.36. The lowest BCUT2D eigenvalue weighted by atomic mass is 9.92. The topological polar surface area (TPSA) is 49.8 Å². The van der Waals surface area contributed by atoms with Gasteiger partial charge in [-0.2, -0.15) is 0 Å². The summed E-state index contributed by atoms with van der Waals surface area (Å²) in [5.41, 5.74) is 0. The third kappa shape index (κ3) is 2.22. The van der Waals surface area contributed by atoms with E-state index in [1.807, 2.05) is 6.92 Å². The van der Waals surface area contributed by atoms with Crippen molar-refractivity contribution < 1.29 is 14.6 Å². The predicted octanol–water partition coefficient (Wildman–Crippen LogP) is 0.0471. The van der Waals surface area contributed by atoms with Crippen LogP contribution < -0.4 is 0 Å². The summed E-state index contributed by atoms with van der Waals surface area (Å²) in [6.45, 7) is 4.66. The second-order valence-electron chi connectivity index (χ2n) is 4.49.